The monoisotopic (exact) mass is 159 g/mol. The first kappa shape index (κ1) is 7.03. The highest BCUT2D eigenvalue weighted by atomic mass is 14.8. The van der Waals surface area contributed by atoms with Gasteiger partial charge in [-0.2, -0.15) is 0 Å². The minimum atomic E-state index is 0.553. The Bertz CT molecular complexity index is 423. The number of nitrogens with zero attached hydrogens (tertiary/aromatic N) is 2. The van der Waals surface area contributed by atoms with Crippen molar-refractivity contribution in [1.82, 2.24) is 9.97 Å². The molecule has 2 aromatic rings. The summed E-state index contributed by atoms with van der Waals surface area (Å²) in [7, 11) is 0. The predicted molar refractivity (Wildman–Crippen MR) is 48.7 cm³/mol. The average molecular weight is 159 g/mol. The van der Waals surface area contributed by atoms with E-state index in [1.54, 1.807) is 18.5 Å². The molecular weight excluding hydrogens is 150 g/mol. The van der Waals surface area contributed by atoms with Crippen molar-refractivity contribution < 1.29 is 0 Å². The van der Waals surface area contributed by atoms with E-state index in [1.807, 2.05) is 13.0 Å². The Morgan fingerprint density at radius 1 is 1.25 bits per heavy atom. The summed E-state index contributed by atoms with van der Waals surface area (Å²) >= 11 is 0. The van der Waals surface area contributed by atoms with Crippen molar-refractivity contribution in [2.45, 2.75) is 6.92 Å². The van der Waals surface area contributed by atoms with Crippen LogP contribution in [0.4, 0.5) is 5.82 Å². The van der Waals surface area contributed by atoms with Crippen LogP contribution < -0.4 is 5.73 Å². The second-order valence-corrected chi connectivity index (χ2v) is 2.76. The van der Waals surface area contributed by atoms with Gasteiger partial charge in [0, 0.05) is 17.8 Å². The van der Waals surface area contributed by atoms with Gasteiger partial charge >= 0.3 is 0 Å². The fraction of sp³-hybridized carbons (Fsp3) is 0.111. The van der Waals surface area contributed by atoms with E-state index in [0.29, 0.717) is 5.82 Å². The van der Waals surface area contributed by atoms with Crippen molar-refractivity contribution in [3.8, 4) is 0 Å². The molecule has 0 spiro atoms. The molecule has 0 unspecified atom stereocenters. The zero-order valence-electron chi connectivity index (χ0n) is 6.78. The second-order valence-electron chi connectivity index (χ2n) is 2.76. The quantitative estimate of drug-likeness (QED) is 0.634. The molecule has 2 aromatic heterocycles. The molecule has 3 nitrogen and oxygen atoms in total. The molecule has 0 atom stereocenters. The van der Waals surface area contributed by atoms with E-state index in [-0.39, 0.29) is 0 Å². The van der Waals surface area contributed by atoms with Gasteiger partial charge in [0.2, 0.25) is 0 Å². The highest BCUT2D eigenvalue weighted by Gasteiger charge is 1.97. The fourth-order valence-corrected chi connectivity index (χ4v) is 1.20. The van der Waals surface area contributed by atoms with Crippen molar-refractivity contribution in [1.29, 1.82) is 0 Å². The lowest BCUT2D eigenvalue weighted by Crippen LogP contribution is -1.91. The zero-order valence-corrected chi connectivity index (χ0v) is 6.78. The molecular formula is C9H9N3. The summed E-state index contributed by atoms with van der Waals surface area (Å²) < 4.78 is 0. The summed E-state index contributed by atoms with van der Waals surface area (Å²) in [5.74, 6) is 0.553. The lowest BCUT2D eigenvalue weighted by atomic mass is 10.2. The van der Waals surface area contributed by atoms with Crippen LogP contribution in [-0.2, 0) is 0 Å². The number of aromatic nitrogens is 2. The first-order chi connectivity index (χ1) is 5.77. The Kier molecular flexibility index (Phi) is 1.43. The summed E-state index contributed by atoms with van der Waals surface area (Å²) in [6.07, 6.45) is 3.57. The van der Waals surface area contributed by atoms with Gasteiger partial charge in [-0.05, 0) is 24.6 Å². The van der Waals surface area contributed by atoms with Crippen molar-refractivity contribution in [3.63, 3.8) is 0 Å². The summed E-state index contributed by atoms with van der Waals surface area (Å²) in [6.45, 7) is 1.97. The van der Waals surface area contributed by atoms with Crippen LogP contribution in [-0.4, -0.2) is 9.97 Å². The van der Waals surface area contributed by atoms with Gasteiger partial charge < -0.3 is 5.73 Å². The topological polar surface area (TPSA) is 51.8 Å². The van der Waals surface area contributed by atoms with Crippen molar-refractivity contribution >= 4 is 16.7 Å². The molecule has 0 bridgehead atoms. The third kappa shape index (κ3) is 0.993. The van der Waals surface area contributed by atoms with Gasteiger partial charge in [-0.25, -0.2) is 4.98 Å². The number of anilines is 1. The summed E-state index contributed by atoms with van der Waals surface area (Å²) in [5, 5.41) is 1.03. The lowest BCUT2D eigenvalue weighted by molar-refractivity contribution is 1.27. The molecule has 0 radical (unpaired) electrons. The predicted octanol–water partition coefficient (Wildman–Crippen LogP) is 1.52. The Morgan fingerprint density at radius 2 is 2.08 bits per heavy atom. The van der Waals surface area contributed by atoms with Gasteiger partial charge in [0.1, 0.15) is 5.82 Å². The minimum Gasteiger partial charge on any atom is -0.384 e. The molecule has 0 aliphatic carbocycles. The maximum atomic E-state index is 5.56. The summed E-state index contributed by atoms with van der Waals surface area (Å²) in [6, 6.07) is 3.71. The number of hydrogen-bond acceptors (Lipinski definition) is 3. The number of nitrogens with two attached hydrogens (primary N) is 1. The third-order valence-corrected chi connectivity index (χ3v) is 1.80. The van der Waals surface area contributed by atoms with Crippen LogP contribution in [0, 0.1) is 6.92 Å². The lowest BCUT2D eigenvalue weighted by Gasteiger charge is -1.99. The van der Waals surface area contributed by atoms with Crippen LogP contribution in [0.1, 0.15) is 5.56 Å². The summed E-state index contributed by atoms with van der Waals surface area (Å²) in [4.78, 5) is 8.27. The number of hydrogen-bond donors (Lipinski definition) is 1. The Labute approximate surface area is 70.3 Å². The Morgan fingerprint density at radius 3 is 2.92 bits per heavy atom. The molecule has 0 saturated carbocycles. The maximum Gasteiger partial charge on any atom is 0.124 e. The maximum absolute atomic E-state index is 5.56. The molecule has 0 amide bonds. The van der Waals surface area contributed by atoms with E-state index < -0.39 is 0 Å². The van der Waals surface area contributed by atoms with E-state index in [2.05, 4.69) is 9.97 Å². The molecule has 0 fully saturated rings. The average Bonchev–Trinajstić information content (AvgIpc) is 2.07. The number of fused-ring (bicyclic) bond motifs is 1. The Hall–Kier alpha value is -1.64. The van der Waals surface area contributed by atoms with Crippen molar-refractivity contribution in [3.05, 3.63) is 30.1 Å². The molecule has 3 heteroatoms. The molecule has 0 saturated heterocycles. The normalized spacial score (nSPS) is 10.4. The Balaban J connectivity index is 2.88. The van der Waals surface area contributed by atoms with Gasteiger partial charge in [-0.15, -0.1) is 0 Å². The number of pyridine rings is 2. The molecule has 0 aliphatic heterocycles. The highest BCUT2D eigenvalue weighted by Crippen LogP contribution is 2.15. The fourth-order valence-electron chi connectivity index (χ4n) is 1.20. The van der Waals surface area contributed by atoms with Crippen LogP contribution in [0.25, 0.3) is 10.9 Å². The number of rotatable bonds is 0. The number of nitrogen functional groups attached to an aromatic ring is 1. The number of aryl methyl sites for hydroxylation is 1. The molecule has 2 N–H and O–H groups in total. The van der Waals surface area contributed by atoms with E-state index in [0.717, 1.165) is 16.5 Å². The van der Waals surface area contributed by atoms with Crippen LogP contribution in [0.2, 0.25) is 0 Å². The van der Waals surface area contributed by atoms with Gasteiger partial charge in [0.25, 0.3) is 0 Å². The zero-order chi connectivity index (χ0) is 8.55. The van der Waals surface area contributed by atoms with E-state index >= 15 is 0 Å². The largest absolute Gasteiger partial charge is 0.384 e. The molecule has 2 heterocycles. The third-order valence-electron chi connectivity index (χ3n) is 1.80. The van der Waals surface area contributed by atoms with Gasteiger partial charge in [-0.1, -0.05) is 0 Å². The SMILES string of the molecule is Cc1cncc2ccc(N)nc12. The van der Waals surface area contributed by atoms with E-state index in [1.165, 1.54) is 0 Å². The van der Waals surface area contributed by atoms with Crippen molar-refractivity contribution in [2.75, 3.05) is 5.73 Å². The van der Waals surface area contributed by atoms with Gasteiger partial charge in [0.05, 0.1) is 5.52 Å². The first-order valence-electron chi connectivity index (χ1n) is 3.74. The smallest absolute Gasteiger partial charge is 0.124 e. The highest BCUT2D eigenvalue weighted by molar-refractivity contribution is 5.81. The molecule has 2 rings (SSSR count). The minimum absolute atomic E-state index is 0.553. The standard InChI is InChI=1S/C9H9N3/c1-6-4-11-5-7-2-3-8(10)12-9(6)7/h2-5H,1H3,(H2,10,12). The first-order valence-corrected chi connectivity index (χ1v) is 3.74. The van der Waals surface area contributed by atoms with E-state index in [4.69, 9.17) is 5.73 Å². The molecule has 12 heavy (non-hydrogen) atoms. The van der Waals surface area contributed by atoms with Crippen LogP contribution in [0.3, 0.4) is 0 Å². The van der Waals surface area contributed by atoms with Crippen LogP contribution in [0.5, 0.6) is 0 Å². The van der Waals surface area contributed by atoms with Crippen molar-refractivity contribution in [2.24, 2.45) is 0 Å². The van der Waals surface area contributed by atoms with Crippen LogP contribution >= 0.6 is 0 Å². The molecule has 0 aromatic carbocycles. The second kappa shape index (κ2) is 2.44. The molecule has 0 aliphatic rings. The van der Waals surface area contributed by atoms with E-state index in [9.17, 15) is 0 Å². The molecule has 60 valence electrons. The summed E-state index contributed by atoms with van der Waals surface area (Å²) in [5.41, 5.74) is 7.55. The van der Waals surface area contributed by atoms with Gasteiger partial charge in [0.15, 0.2) is 0 Å². The van der Waals surface area contributed by atoms with Crippen LogP contribution in [0.15, 0.2) is 24.5 Å². The van der Waals surface area contributed by atoms with Gasteiger partial charge in [-0.3, -0.25) is 4.98 Å².